The Morgan fingerprint density at radius 1 is 1.05 bits per heavy atom. The molecule has 124 valence electrons. The predicted molar refractivity (Wildman–Crippen MR) is 97.6 cm³/mol. The Morgan fingerprint density at radius 3 is 1.86 bits per heavy atom. The molecule has 0 aromatic heterocycles. The Kier molecular flexibility index (Phi) is 7.56. The van der Waals surface area contributed by atoms with Gasteiger partial charge in [0.15, 0.2) is 0 Å². The summed E-state index contributed by atoms with van der Waals surface area (Å²) in [5, 5.41) is 0.736. The lowest BCUT2D eigenvalue weighted by atomic mass is 9.82. The fourth-order valence-corrected chi connectivity index (χ4v) is 2.56. The lowest BCUT2D eigenvalue weighted by molar-refractivity contribution is 0.173. The highest BCUT2D eigenvalue weighted by atomic mass is 35.5. The summed E-state index contributed by atoms with van der Waals surface area (Å²) < 4.78 is 0. The van der Waals surface area contributed by atoms with Crippen LogP contribution in [0.4, 0.5) is 0 Å². The van der Waals surface area contributed by atoms with Gasteiger partial charge in [0.05, 0.1) is 0 Å². The minimum atomic E-state index is 0.252. The first-order chi connectivity index (χ1) is 9.24. The van der Waals surface area contributed by atoms with E-state index in [1.54, 1.807) is 0 Å². The molecule has 0 aromatic carbocycles. The van der Waals surface area contributed by atoms with Crippen LogP contribution >= 0.6 is 11.6 Å². The van der Waals surface area contributed by atoms with E-state index in [2.05, 4.69) is 73.6 Å². The molecule has 0 heterocycles. The smallest absolute Gasteiger partial charge is 0.0362 e. The third kappa shape index (κ3) is 8.56. The van der Waals surface area contributed by atoms with Gasteiger partial charge < -0.3 is 4.90 Å². The van der Waals surface area contributed by atoms with Gasteiger partial charge in [0.1, 0.15) is 0 Å². The van der Waals surface area contributed by atoms with E-state index in [-0.39, 0.29) is 11.3 Å². The van der Waals surface area contributed by atoms with E-state index < -0.39 is 0 Å². The quantitative estimate of drug-likeness (QED) is 0.522. The van der Waals surface area contributed by atoms with Crippen molar-refractivity contribution in [2.75, 3.05) is 7.05 Å². The molecule has 2 atom stereocenters. The molecule has 0 amide bonds. The second-order valence-electron chi connectivity index (χ2n) is 8.81. The average Bonchev–Trinajstić information content (AvgIpc) is 2.29. The third-order valence-electron chi connectivity index (χ3n) is 4.05. The van der Waals surface area contributed by atoms with Crippen molar-refractivity contribution in [3.05, 3.63) is 23.9 Å². The minimum Gasteiger partial charge on any atom is -0.375 e. The molecule has 21 heavy (non-hydrogen) atoms. The minimum absolute atomic E-state index is 0.252. The Balaban J connectivity index is 4.97. The molecule has 0 rings (SSSR count). The molecule has 0 spiro atoms. The van der Waals surface area contributed by atoms with Crippen LogP contribution in [0, 0.1) is 16.7 Å². The van der Waals surface area contributed by atoms with Crippen LogP contribution in [0.5, 0.6) is 0 Å². The molecule has 0 radical (unpaired) electrons. The average molecular weight is 314 g/mol. The first-order valence-electron chi connectivity index (χ1n) is 7.99. The van der Waals surface area contributed by atoms with Crippen LogP contribution in [-0.4, -0.2) is 18.0 Å². The molecule has 2 heteroatoms. The van der Waals surface area contributed by atoms with Gasteiger partial charge in [0.2, 0.25) is 0 Å². The molecule has 0 saturated carbocycles. The van der Waals surface area contributed by atoms with Crippen LogP contribution in [-0.2, 0) is 0 Å². The zero-order valence-corrected chi connectivity index (χ0v) is 16.3. The van der Waals surface area contributed by atoms with E-state index in [4.69, 9.17) is 11.6 Å². The van der Waals surface area contributed by atoms with E-state index >= 15 is 0 Å². The van der Waals surface area contributed by atoms with E-state index in [0.717, 1.165) is 24.3 Å². The van der Waals surface area contributed by atoms with Crippen molar-refractivity contribution in [1.82, 2.24) is 4.90 Å². The second kappa shape index (κ2) is 7.72. The molecule has 0 aromatic rings. The fraction of sp³-hybridized carbons (Fsp3) is 0.789. The molecule has 0 N–H and O–H groups in total. The van der Waals surface area contributed by atoms with E-state index in [1.807, 2.05) is 0 Å². The van der Waals surface area contributed by atoms with E-state index in [1.165, 1.54) is 5.70 Å². The lowest BCUT2D eigenvalue weighted by Gasteiger charge is -2.39. The Bertz CT molecular complexity index is 357. The van der Waals surface area contributed by atoms with Gasteiger partial charge in [-0.25, -0.2) is 0 Å². The van der Waals surface area contributed by atoms with E-state index in [0.29, 0.717) is 11.5 Å². The van der Waals surface area contributed by atoms with Gasteiger partial charge in [0.25, 0.3) is 0 Å². The lowest BCUT2D eigenvalue weighted by Crippen LogP contribution is -2.39. The highest BCUT2D eigenvalue weighted by Gasteiger charge is 2.29. The Morgan fingerprint density at radius 2 is 1.52 bits per heavy atom. The number of hydrogen-bond acceptors (Lipinski definition) is 1. The highest BCUT2D eigenvalue weighted by molar-refractivity contribution is 6.29. The van der Waals surface area contributed by atoms with Crippen molar-refractivity contribution in [2.24, 2.45) is 16.7 Å². The fourth-order valence-electron chi connectivity index (χ4n) is 2.42. The van der Waals surface area contributed by atoms with Crippen molar-refractivity contribution in [1.29, 1.82) is 0 Å². The van der Waals surface area contributed by atoms with Gasteiger partial charge in [-0.05, 0) is 30.1 Å². The summed E-state index contributed by atoms with van der Waals surface area (Å²) >= 11 is 6.20. The first kappa shape index (κ1) is 20.6. The maximum absolute atomic E-state index is 6.20. The van der Waals surface area contributed by atoms with Crippen molar-refractivity contribution in [2.45, 2.75) is 73.8 Å². The molecule has 0 saturated heterocycles. The van der Waals surface area contributed by atoms with Crippen molar-refractivity contribution < 1.29 is 0 Å². The summed E-state index contributed by atoms with van der Waals surface area (Å²) in [6.07, 6.45) is 3.25. The van der Waals surface area contributed by atoms with Crippen LogP contribution in [0.3, 0.4) is 0 Å². The molecule has 0 fully saturated rings. The number of rotatable bonds is 7. The topological polar surface area (TPSA) is 3.24 Å². The normalized spacial score (nSPS) is 15.5. The molecule has 0 bridgehead atoms. The summed E-state index contributed by atoms with van der Waals surface area (Å²) in [6.45, 7) is 24.1. The summed E-state index contributed by atoms with van der Waals surface area (Å²) in [6, 6.07) is 0.350. The molecule has 1 nitrogen and oxygen atoms in total. The van der Waals surface area contributed by atoms with Crippen molar-refractivity contribution in [3.63, 3.8) is 0 Å². The zero-order valence-electron chi connectivity index (χ0n) is 15.5. The molecule has 0 aliphatic carbocycles. The third-order valence-corrected chi connectivity index (χ3v) is 4.40. The monoisotopic (exact) mass is 313 g/mol. The number of halogens is 1. The van der Waals surface area contributed by atoms with Crippen LogP contribution in [0.25, 0.3) is 0 Å². The van der Waals surface area contributed by atoms with Crippen molar-refractivity contribution in [3.8, 4) is 0 Å². The van der Waals surface area contributed by atoms with Crippen LogP contribution in [0.15, 0.2) is 23.9 Å². The zero-order chi connectivity index (χ0) is 17.0. The van der Waals surface area contributed by atoms with E-state index in [9.17, 15) is 0 Å². The summed E-state index contributed by atoms with van der Waals surface area (Å²) in [4.78, 5) is 2.33. The number of allylic oxidation sites excluding steroid dienone is 1. The van der Waals surface area contributed by atoms with Gasteiger partial charge in [-0.3, -0.25) is 0 Å². The standard InChI is InChI=1S/C19H36ClN/c1-14(11-12-18(4,5)6)21(10)17(13-19(7,8)9)15(2)16(3)20/h15,17H,1,3,11-13H2,2,4-10H3. The highest BCUT2D eigenvalue weighted by Crippen LogP contribution is 2.33. The summed E-state index contributed by atoms with van der Waals surface area (Å²) in [7, 11) is 2.15. The van der Waals surface area contributed by atoms with Gasteiger partial charge in [-0.1, -0.05) is 73.2 Å². The molecular weight excluding hydrogens is 278 g/mol. The maximum atomic E-state index is 6.20. The second-order valence-corrected chi connectivity index (χ2v) is 9.29. The SMILES string of the molecule is C=C(Cl)C(C)C(CC(C)(C)C)N(C)C(=C)CCC(C)(C)C. The molecule has 2 unspecified atom stereocenters. The first-order valence-corrected chi connectivity index (χ1v) is 8.37. The van der Waals surface area contributed by atoms with Gasteiger partial charge in [0, 0.05) is 29.7 Å². The summed E-state index contributed by atoms with van der Waals surface area (Å²) in [5.74, 6) is 0.252. The number of nitrogens with zero attached hydrogens (tertiary/aromatic N) is 1. The Labute approximate surface area is 138 Å². The maximum Gasteiger partial charge on any atom is 0.0362 e. The largest absolute Gasteiger partial charge is 0.375 e. The van der Waals surface area contributed by atoms with Crippen LogP contribution in [0.2, 0.25) is 0 Å². The molecule has 0 aliphatic heterocycles. The molecular formula is C19H36ClN. The van der Waals surface area contributed by atoms with Gasteiger partial charge in [-0.15, -0.1) is 0 Å². The van der Waals surface area contributed by atoms with Crippen LogP contribution < -0.4 is 0 Å². The number of hydrogen-bond donors (Lipinski definition) is 0. The molecule has 0 aliphatic rings. The van der Waals surface area contributed by atoms with Crippen LogP contribution in [0.1, 0.15) is 67.7 Å². The van der Waals surface area contributed by atoms with Gasteiger partial charge >= 0.3 is 0 Å². The Hall–Kier alpha value is -0.430. The summed E-state index contributed by atoms with van der Waals surface area (Å²) in [5.41, 5.74) is 1.79. The predicted octanol–water partition coefficient (Wildman–Crippen LogP) is 6.45. The van der Waals surface area contributed by atoms with Gasteiger partial charge in [-0.2, -0.15) is 0 Å². The van der Waals surface area contributed by atoms with Crippen molar-refractivity contribution >= 4 is 11.6 Å².